The van der Waals surface area contributed by atoms with Gasteiger partial charge in [-0.3, -0.25) is 9.59 Å². The second kappa shape index (κ2) is 75.5. The summed E-state index contributed by atoms with van der Waals surface area (Å²) in [7, 11) is 6.00. The van der Waals surface area contributed by atoms with Gasteiger partial charge in [0.15, 0.2) is 6.10 Å². The van der Waals surface area contributed by atoms with Gasteiger partial charge in [-0.15, -0.1) is 0 Å². The number of carboxylic acid groups (broad SMARTS) is 1. The highest BCUT2D eigenvalue weighted by Gasteiger charge is 2.25. The monoisotopic (exact) mass is 1310 g/mol. The molecule has 0 radical (unpaired) electrons. The van der Waals surface area contributed by atoms with Crippen LogP contribution in [-0.4, -0.2) is 87.4 Å². The van der Waals surface area contributed by atoms with Gasteiger partial charge < -0.3 is 28.5 Å². The van der Waals surface area contributed by atoms with E-state index in [0.717, 1.165) is 44.9 Å². The molecule has 93 heavy (non-hydrogen) atoms. The first-order valence-corrected chi connectivity index (χ1v) is 41.5. The normalized spacial score (nSPS) is 12.7. The van der Waals surface area contributed by atoms with E-state index in [2.05, 4.69) is 38.2 Å². The van der Waals surface area contributed by atoms with Crippen molar-refractivity contribution in [2.24, 2.45) is 0 Å². The number of allylic oxidation sites excluding steroid dienone is 4. The summed E-state index contributed by atoms with van der Waals surface area (Å²) in [5, 5.41) is 9.77. The summed E-state index contributed by atoms with van der Waals surface area (Å²) in [5.41, 5.74) is 0. The number of rotatable bonds is 79. The fourth-order valence-corrected chi connectivity index (χ4v) is 12.9. The number of hydrogen-bond donors (Lipinski definition) is 1. The van der Waals surface area contributed by atoms with Crippen LogP contribution in [0.4, 0.5) is 0 Å². The molecule has 0 aromatic carbocycles. The molecule has 0 rings (SSSR count). The molecule has 0 amide bonds. The number of carbonyl (C=O) groups excluding carboxylic acids is 2. The number of carbonyl (C=O) groups is 3. The van der Waals surface area contributed by atoms with Gasteiger partial charge in [-0.05, 0) is 44.9 Å². The summed E-state index contributed by atoms with van der Waals surface area (Å²) < 4.78 is 23.1. The minimum absolute atomic E-state index is 0.173. The van der Waals surface area contributed by atoms with E-state index in [1.165, 1.54) is 366 Å². The van der Waals surface area contributed by atoms with Crippen LogP contribution in [0.15, 0.2) is 24.3 Å². The van der Waals surface area contributed by atoms with Gasteiger partial charge in [-0.1, -0.05) is 404 Å². The number of unbranched alkanes of at least 4 members (excludes halogenated alkanes) is 60. The largest absolute Gasteiger partial charge is 0.477 e. The first-order valence-electron chi connectivity index (χ1n) is 41.5. The van der Waals surface area contributed by atoms with Crippen LogP contribution >= 0.6 is 0 Å². The quantitative estimate of drug-likeness (QED) is 0.0211. The van der Waals surface area contributed by atoms with E-state index >= 15 is 0 Å². The highest BCUT2D eigenvalue weighted by atomic mass is 16.7. The maximum atomic E-state index is 13.0. The molecule has 0 aromatic rings. The van der Waals surface area contributed by atoms with Gasteiger partial charge in [-0.25, -0.2) is 4.79 Å². The van der Waals surface area contributed by atoms with Crippen molar-refractivity contribution >= 4 is 17.9 Å². The molecule has 0 saturated carbocycles. The van der Waals surface area contributed by atoms with Crippen molar-refractivity contribution in [3.05, 3.63) is 24.3 Å². The number of quaternary nitrogens is 1. The van der Waals surface area contributed by atoms with Crippen LogP contribution < -0.4 is 0 Å². The molecule has 0 aliphatic rings. The average molecular weight is 1310 g/mol. The fraction of sp³-hybridized carbons (Fsp3) is 0.917. The lowest BCUT2D eigenvalue weighted by molar-refractivity contribution is -0.870. The Balaban J connectivity index is 3.91. The molecule has 550 valence electrons. The predicted molar refractivity (Wildman–Crippen MR) is 401 cm³/mol. The molecule has 0 heterocycles. The summed E-state index contributed by atoms with van der Waals surface area (Å²) in [4.78, 5) is 37.7. The van der Waals surface area contributed by atoms with Gasteiger partial charge in [0.1, 0.15) is 13.2 Å². The van der Waals surface area contributed by atoms with Crippen molar-refractivity contribution < 1.29 is 42.9 Å². The number of hydrogen-bond acceptors (Lipinski definition) is 7. The van der Waals surface area contributed by atoms with Gasteiger partial charge in [-0.2, -0.15) is 0 Å². The van der Waals surface area contributed by atoms with E-state index in [1.807, 2.05) is 21.1 Å². The van der Waals surface area contributed by atoms with Crippen molar-refractivity contribution in [2.45, 2.75) is 450 Å². The van der Waals surface area contributed by atoms with Gasteiger partial charge in [0, 0.05) is 12.8 Å². The van der Waals surface area contributed by atoms with Crippen molar-refractivity contribution in [2.75, 3.05) is 47.5 Å². The lowest BCUT2D eigenvalue weighted by atomic mass is 10.0. The molecular formula is C84H162NO8+. The fourth-order valence-electron chi connectivity index (χ4n) is 12.9. The second-order valence-corrected chi connectivity index (χ2v) is 29.8. The van der Waals surface area contributed by atoms with Crippen LogP contribution in [0, 0.1) is 0 Å². The average Bonchev–Trinajstić information content (AvgIpc) is 3.38. The standard InChI is InChI=1S/C84H161NO8/c1-6-8-10-12-14-16-18-20-22-24-26-28-30-32-34-35-36-37-38-39-40-41-42-43-44-45-46-47-49-51-53-55-57-59-61-63-65-67-69-71-73-75-82(87)93-80(79-92-84(83(88)89)90-77-76-85(3,4)5)78-91-81(86)74-72-70-68-66-64-62-60-58-56-54-52-50-48-33-31-29-27-25-23-21-19-17-15-13-11-9-7-2/h18,20,24,26,80,84H,6-17,19,21-23,25,27-79H2,1-5H3/p+1/b20-18-,26-24-. The van der Waals surface area contributed by atoms with Crippen LogP contribution in [0.2, 0.25) is 0 Å². The third-order valence-corrected chi connectivity index (χ3v) is 19.2. The molecule has 2 atom stereocenters. The SMILES string of the molecule is CCCCCCC/C=C\C/C=C\CCCCCCCCCCCCCCCCCCCCCCCCCCCCCCCC(=O)OC(COC(=O)CCCCCCCCCCCCCCCCCCCCCCCCCCCCC)COC(OCC[N+](C)(C)C)C(=O)O. The Kier molecular flexibility index (Phi) is 73.7. The molecule has 0 bridgehead atoms. The number of nitrogens with zero attached hydrogens (tertiary/aromatic N) is 1. The zero-order valence-electron chi connectivity index (χ0n) is 63.2. The zero-order chi connectivity index (χ0) is 67.5. The smallest absolute Gasteiger partial charge is 0.361 e. The van der Waals surface area contributed by atoms with Gasteiger partial charge in [0.05, 0.1) is 34.4 Å². The van der Waals surface area contributed by atoms with Crippen LogP contribution in [0.3, 0.4) is 0 Å². The molecule has 0 aromatic heterocycles. The van der Waals surface area contributed by atoms with Crippen molar-refractivity contribution in [1.29, 1.82) is 0 Å². The maximum Gasteiger partial charge on any atom is 0.361 e. The van der Waals surface area contributed by atoms with E-state index in [0.29, 0.717) is 17.4 Å². The van der Waals surface area contributed by atoms with Crippen LogP contribution in [-0.2, 0) is 33.3 Å². The molecule has 2 unspecified atom stereocenters. The summed E-state index contributed by atoms with van der Waals surface area (Å²) in [6.07, 6.45) is 93.6. The Hall–Kier alpha value is -2.23. The molecule has 0 spiro atoms. The minimum atomic E-state index is -1.51. The molecule has 9 nitrogen and oxygen atoms in total. The number of carboxylic acids is 1. The molecule has 0 aliphatic carbocycles. The highest BCUT2D eigenvalue weighted by molar-refractivity contribution is 5.71. The van der Waals surface area contributed by atoms with Crippen LogP contribution in [0.5, 0.6) is 0 Å². The summed E-state index contributed by atoms with van der Waals surface area (Å²) in [5.74, 6) is -1.96. The molecule has 0 fully saturated rings. The Morgan fingerprint density at radius 3 is 0.849 bits per heavy atom. The Morgan fingerprint density at radius 2 is 0.581 bits per heavy atom. The number of aliphatic carboxylic acids is 1. The molecule has 1 N–H and O–H groups in total. The van der Waals surface area contributed by atoms with Gasteiger partial charge in [0.25, 0.3) is 6.29 Å². The third-order valence-electron chi connectivity index (χ3n) is 19.2. The van der Waals surface area contributed by atoms with E-state index in [4.69, 9.17) is 18.9 Å². The summed E-state index contributed by atoms with van der Waals surface area (Å²) in [6.45, 7) is 4.96. The number of likely N-dealkylation sites (N-methyl/N-ethyl adjacent to an activating group) is 1. The van der Waals surface area contributed by atoms with Crippen LogP contribution in [0.1, 0.15) is 438 Å². The molecule has 0 saturated heterocycles. The number of ether oxygens (including phenoxy) is 4. The van der Waals surface area contributed by atoms with E-state index < -0.39 is 18.4 Å². The number of esters is 2. The lowest BCUT2D eigenvalue weighted by Gasteiger charge is -2.25. The minimum Gasteiger partial charge on any atom is -0.477 e. The Bertz CT molecular complexity index is 1580. The first kappa shape index (κ1) is 90.8. The van der Waals surface area contributed by atoms with Crippen LogP contribution in [0.25, 0.3) is 0 Å². The lowest BCUT2D eigenvalue weighted by Crippen LogP contribution is -2.40. The van der Waals surface area contributed by atoms with Crippen molar-refractivity contribution in [3.63, 3.8) is 0 Å². The van der Waals surface area contributed by atoms with E-state index in [-0.39, 0.29) is 38.2 Å². The Morgan fingerprint density at radius 1 is 0.323 bits per heavy atom. The van der Waals surface area contributed by atoms with Crippen molar-refractivity contribution in [3.8, 4) is 0 Å². The summed E-state index contributed by atoms with van der Waals surface area (Å²) >= 11 is 0. The Labute approximate surface area is 579 Å². The van der Waals surface area contributed by atoms with Gasteiger partial charge >= 0.3 is 17.9 Å². The van der Waals surface area contributed by atoms with E-state index in [9.17, 15) is 19.5 Å². The molecule has 0 aliphatic heterocycles. The zero-order valence-corrected chi connectivity index (χ0v) is 63.2. The molecule has 9 heteroatoms. The highest BCUT2D eigenvalue weighted by Crippen LogP contribution is 2.21. The third kappa shape index (κ3) is 77.0. The van der Waals surface area contributed by atoms with Crippen molar-refractivity contribution in [1.82, 2.24) is 0 Å². The van der Waals surface area contributed by atoms with Gasteiger partial charge in [0.2, 0.25) is 0 Å². The maximum absolute atomic E-state index is 13.0. The second-order valence-electron chi connectivity index (χ2n) is 29.8. The topological polar surface area (TPSA) is 108 Å². The summed E-state index contributed by atoms with van der Waals surface area (Å²) in [6, 6.07) is 0. The predicted octanol–water partition coefficient (Wildman–Crippen LogP) is 26.5. The molecular weight excluding hydrogens is 1150 g/mol. The first-order chi connectivity index (χ1) is 45.6. The van der Waals surface area contributed by atoms with E-state index in [1.54, 1.807) is 0 Å².